The predicted molar refractivity (Wildman–Crippen MR) is 42.4 cm³/mol. The van der Waals surface area contributed by atoms with E-state index in [1.54, 1.807) is 0 Å². The van der Waals surface area contributed by atoms with Crippen molar-refractivity contribution in [1.82, 2.24) is 0 Å². The van der Waals surface area contributed by atoms with Crippen molar-refractivity contribution in [3.05, 3.63) is 12.2 Å². The van der Waals surface area contributed by atoms with Gasteiger partial charge in [0.25, 0.3) is 0 Å². The Morgan fingerprint density at radius 2 is 1.83 bits per heavy atom. The van der Waals surface area contributed by atoms with Crippen molar-refractivity contribution in [3.8, 4) is 0 Å². The molecule has 1 saturated heterocycles. The van der Waals surface area contributed by atoms with Gasteiger partial charge in [-0.25, -0.2) is 0 Å². The molecule has 2 bridgehead atoms. The van der Waals surface area contributed by atoms with Gasteiger partial charge < -0.3 is 9.84 Å². The third-order valence-electron chi connectivity index (χ3n) is 4.25. The van der Waals surface area contributed by atoms with Crippen LogP contribution in [0.4, 0.5) is 0 Å². The van der Waals surface area contributed by atoms with Crippen LogP contribution in [0.1, 0.15) is 6.42 Å². The fourth-order valence-corrected chi connectivity index (χ4v) is 3.78. The van der Waals surface area contributed by atoms with E-state index in [0.717, 1.165) is 5.92 Å². The zero-order valence-corrected chi connectivity index (χ0v) is 6.76. The van der Waals surface area contributed by atoms with Crippen LogP contribution in [0.25, 0.3) is 0 Å². The molecule has 0 aromatic heterocycles. The summed E-state index contributed by atoms with van der Waals surface area (Å²) in [6, 6.07) is 0. The molecule has 1 N–H and O–H groups in total. The van der Waals surface area contributed by atoms with Crippen LogP contribution in [0, 0.1) is 23.7 Å². The lowest BCUT2D eigenvalue weighted by molar-refractivity contribution is 0.0364. The van der Waals surface area contributed by atoms with Crippen LogP contribution in [-0.2, 0) is 4.74 Å². The summed E-state index contributed by atoms with van der Waals surface area (Å²) in [4.78, 5) is 0. The summed E-state index contributed by atoms with van der Waals surface area (Å²) in [5, 5.41) is 9.87. The Labute approximate surface area is 71.2 Å². The van der Waals surface area contributed by atoms with E-state index in [2.05, 4.69) is 12.2 Å². The molecule has 0 amide bonds. The molecule has 3 aliphatic carbocycles. The Morgan fingerprint density at radius 1 is 1.08 bits per heavy atom. The van der Waals surface area contributed by atoms with E-state index in [4.69, 9.17) is 4.74 Å². The van der Waals surface area contributed by atoms with Crippen LogP contribution in [0.5, 0.6) is 0 Å². The molecule has 4 aliphatic rings. The second kappa shape index (κ2) is 1.64. The molecular formula is C10H12O2. The van der Waals surface area contributed by atoms with Crippen molar-refractivity contribution in [2.24, 2.45) is 23.7 Å². The number of epoxide rings is 1. The van der Waals surface area contributed by atoms with E-state index >= 15 is 0 Å². The van der Waals surface area contributed by atoms with Crippen LogP contribution in [0.3, 0.4) is 0 Å². The van der Waals surface area contributed by atoms with E-state index in [-0.39, 0.29) is 12.2 Å². The molecule has 12 heavy (non-hydrogen) atoms. The van der Waals surface area contributed by atoms with Gasteiger partial charge in [0.2, 0.25) is 0 Å². The molecule has 0 unspecified atom stereocenters. The minimum Gasteiger partial charge on any atom is -0.390 e. The summed E-state index contributed by atoms with van der Waals surface area (Å²) < 4.78 is 5.45. The van der Waals surface area contributed by atoms with Gasteiger partial charge in [-0.3, -0.25) is 0 Å². The molecule has 1 heterocycles. The third-order valence-corrected chi connectivity index (χ3v) is 4.25. The van der Waals surface area contributed by atoms with Gasteiger partial charge in [0, 0.05) is 0 Å². The monoisotopic (exact) mass is 164 g/mol. The third kappa shape index (κ3) is 0.485. The quantitative estimate of drug-likeness (QED) is 0.419. The Kier molecular flexibility index (Phi) is 0.840. The van der Waals surface area contributed by atoms with Crippen molar-refractivity contribution >= 4 is 0 Å². The van der Waals surface area contributed by atoms with Crippen molar-refractivity contribution in [3.63, 3.8) is 0 Å². The summed E-state index contributed by atoms with van der Waals surface area (Å²) >= 11 is 0. The first-order chi connectivity index (χ1) is 5.86. The molecular weight excluding hydrogens is 152 g/mol. The lowest BCUT2D eigenvalue weighted by atomic mass is 9.84. The van der Waals surface area contributed by atoms with E-state index in [1.165, 1.54) is 6.42 Å². The summed E-state index contributed by atoms with van der Waals surface area (Å²) in [5.41, 5.74) is 0. The van der Waals surface area contributed by atoms with Gasteiger partial charge in [-0.05, 0) is 30.1 Å². The number of allylic oxidation sites excluding steroid dienone is 2. The maximum absolute atomic E-state index is 9.87. The molecule has 2 saturated carbocycles. The maximum Gasteiger partial charge on any atom is 0.111 e. The number of fused-ring (bicyclic) bond motifs is 7. The Morgan fingerprint density at radius 3 is 2.58 bits per heavy atom. The van der Waals surface area contributed by atoms with Crippen LogP contribution in [0.15, 0.2) is 12.2 Å². The van der Waals surface area contributed by atoms with Crippen molar-refractivity contribution in [2.75, 3.05) is 0 Å². The van der Waals surface area contributed by atoms with Crippen LogP contribution < -0.4 is 0 Å². The molecule has 7 atom stereocenters. The highest BCUT2D eigenvalue weighted by Gasteiger charge is 2.68. The van der Waals surface area contributed by atoms with Gasteiger partial charge in [0.15, 0.2) is 0 Å². The topological polar surface area (TPSA) is 32.8 Å². The molecule has 0 aromatic rings. The number of rotatable bonds is 0. The predicted octanol–water partition coefficient (Wildman–Crippen LogP) is 0.567. The highest BCUT2D eigenvalue weighted by molar-refractivity contribution is 5.24. The van der Waals surface area contributed by atoms with Gasteiger partial charge in [-0.15, -0.1) is 0 Å². The molecule has 1 aliphatic heterocycles. The SMILES string of the molecule is O[C@H]1[C@H]2O[C@H]2[C@H]2[C@@H]1[C@H]1C=C[C@@H]2C1. The van der Waals surface area contributed by atoms with Gasteiger partial charge in [-0.1, -0.05) is 12.2 Å². The van der Waals surface area contributed by atoms with E-state index in [9.17, 15) is 5.11 Å². The average molecular weight is 164 g/mol. The van der Waals surface area contributed by atoms with Gasteiger partial charge >= 0.3 is 0 Å². The number of ether oxygens (including phenoxy) is 1. The van der Waals surface area contributed by atoms with Crippen LogP contribution in [0.2, 0.25) is 0 Å². The zero-order chi connectivity index (χ0) is 7.87. The largest absolute Gasteiger partial charge is 0.390 e. The van der Waals surface area contributed by atoms with E-state index in [1.807, 2.05) is 0 Å². The lowest BCUT2D eigenvalue weighted by Crippen LogP contribution is -2.29. The van der Waals surface area contributed by atoms with Gasteiger partial charge in [0.1, 0.15) is 6.10 Å². The number of hydrogen-bond donors (Lipinski definition) is 1. The van der Waals surface area contributed by atoms with E-state index < -0.39 is 0 Å². The fourth-order valence-electron chi connectivity index (χ4n) is 3.78. The number of hydrogen-bond acceptors (Lipinski definition) is 2. The molecule has 2 nitrogen and oxygen atoms in total. The summed E-state index contributed by atoms with van der Waals surface area (Å²) in [7, 11) is 0. The minimum absolute atomic E-state index is 0.153. The first-order valence-electron chi connectivity index (χ1n) is 4.88. The number of aliphatic hydroxyl groups is 1. The van der Waals surface area contributed by atoms with E-state index in [0.29, 0.717) is 23.9 Å². The molecule has 2 heteroatoms. The molecule has 0 spiro atoms. The summed E-state index contributed by atoms with van der Waals surface area (Å²) in [5.74, 6) is 2.61. The van der Waals surface area contributed by atoms with Gasteiger partial charge in [-0.2, -0.15) is 0 Å². The Balaban J connectivity index is 1.81. The molecule has 64 valence electrons. The highest BCUT2D eigenvalue weighted by atomic mass is 16.6. The smallest absolute Gasteiger partial charge is 0.111 e. The lowest BCUT2D eigenvalue weighted by Gasteiger charge is -2.25. The fraction of sp³-hybridized carbons (Fsp3) is 0.800. The van der Waals surface area contributed by atoms with Gasteiger partial charge in [0.05, 0.1) is 12.2 Å². The summed E-state index contributed by atoms with van der Waals surface area (Å²) in [6.45, 7) is 0. The molecule has 3 fully saturated rings. The molecule has 4 rings (SSSR count). The zero-order valence-electron chi connectivity index (χ0n) is 6.76. The second-order valence-electron chi connectivity index (χ2n) is 4.66. The molecule has 0 radical (unpaired) electrons. The Bertz CT molecular complexity index is 261. The second-order valence-corrected chi connectivity index (χ2v) is 4.66. The number of aliphatic hydroxyl groups excluding tert-OH is 1. The Hall–Kier alpha value is -0.340. The first kappa shape index (κ1) is 6.17. The molecule has 0 aromatic carbocycles. The first-order valence-corrected chi connectivity index (χ1v) is 4.88. The van der Waals surface area contributed by atoms with Crippen molar-refractivity contribution in [2.45, 2.75) is 24.7 Å². The standard InChI is InChI=1S/C10H12O2/c11-8-6-4-1-2-5(3-4)7(6)9-10(8)12-9/h1-2,4-11H,3H2/t4-,5+,6-,7+,8+,9-,10+/m0/s1. The van der Waals surface area contributed by atoms with Crippen molar-refractivity contribution < 1.29 is 9.84 Å². The van der Waals surface area contributed by atoms with Crippen molar-refractivity contribution in [1.29, 1.82) is 0 Å². The normalized spacial score (nSPS) is 69.9. The highest BCUT2D eigenvalue weighted by Crippen LogP contribution is 2.61. The van der Waals surface area contributed by atoms with Crippen LogP contribution >= 0.6 is 0 Å². The minimum atomic E-state index is -0.153. The summed E-state index contributed by atoms with van der Waals surface area (Å²) in [6.07, 6.45) is 6.40. The van der Waals surface area contributed by atoms with Crippen LogP contribution in [-0.4, -0.2) is 23.4 Å². The average Bonchev–Trinajstić information content (AvgIpc) is 2.49. The maximum atomic E-state index is 9.87.